The molecule has 1 aromatic carbocycles. The molecule has 1 heterocycles. The number of rotatable bonds is 4. The first-order valence-corrected chi connectivity index (χ1v) is 5.56. The van der Waals surface area contributed by atoms with Crippen LogP contribution in [0.15, 0.2) is 24.3 Å². The average molecular weight is 271 g/mol. The van der Waals surface area contributed by atoms with Crippen molar-refractivity contribution in [1.29, 1.82) is 0 Å². The molecule has 0 bridgehead atoms. The molecule has 0 saturated heterocycles. The number of nitrogens with one attached hydrogen (secondary N) is 1. The summed E-state index contributed by atoms with van der Waals surface area (Å²) in [4.78, 5) is 0. The topological polar surface area (TPSA) is 55.6 Å². The van der Waals surface area contributed by atoms with E-state index in [2.05, 4.69) is 20.8 Å². The van der Waals surface area contributed by atoms with E-state index in [1.807, 2.05) is 0 Å². The maximum absolute atomic E-state index is 12.4. The quantitative estimate of drug-likeness (QED) is 0.914. The highest BCUT2D eigenvalue weighted by Gasteiger charge is 2.29. The molecule has 0 saturated carbocycles. The van der Waals surface area contributed by atoms with Gasteiger partial charge in [0.25, 0.3) is 0 Å². The summed E-state index contributed by atoms with van der Waals surface area (Å²) in [7, 11) is 1.76. The Morgan fingerprint density at radius 2 is 1.89 bits per heavy atom. The zero-order valence-corrected chi connectivity index (χ0v) is 10.1. The molecule has 0 aliphatic rings. The molecular weight excluding hydrogens is 259 g/mol. The summed E-state index contributed by atoms with van der Waals surface area (Å²) >= 11 is 0. The second-order valence-electron chi connectivity index (χ2n) is 3.98. The van der Waals surface area contributed by atoms with Gasteiger partial charge >= 0.3 is 6.18 Å². The summed E-state index contributed by atoms with van der Waals surface area (Å²) in [6.07, 6.45) is -4.31. The molecule has 0 aliphatic heterocycles. The van der Waals surface area contributed by atoms with E-state index in [0.717, 1.165) is 12.1 Å². The molecule has 2 rings (SSSR count). The highest BCUT2D eigenvalue weighted by molar-refractivity contribution is 5.24. The molecule has 0 unspecified atom stereocenters. The van der Waals surface area contributed by atoms with Crippen LogP contribution in [-0.2, 0) is 19.3 Å². The number of benzene rings is 1. The van der Waals surface area contributed by atoms with Gasteiger partial charge in [-0.1, -0.05) is 12.1 Å². The normalized spacial score (nSPS) is 11.8. The molecule has 0 atom stereocenters. The third kappa shape index (κ3) is 3.28. The molecule has 0 amide bonds. The molecule has 19 heavy (non-hydrogen) atoms. The second-order valence-corrected chi connectivity index (χ2v) is 3.98. The molecular formula is C11H12F3N5. The van der Waals surface area contributed by atoms with Crippen molar-refractivity contribution in [3.63, 3.8) is 0 Å². The van der Waals surface area contributed by atoms with Gasteiger partial charge in [-0.3, -0.25) is 0 Å². The SMILES string of the molecule is CNCc1nnnn1Cc1ccc(C(F)(F)F)cc1. The van der Waals surface area contributed by atoms with E-state index in [1.165, 1.54) is 12.1 Å². The van der Waals surface area contributed by atoms with Crippen LogP contribution in [0, 0.1) is 0 Å². The Kier molecular flexibility index (Phi) is 3.79. The number of nitrogens with zero attached hydrogens (tertiary/aromatic N) is 4. The minimum atomic E-state index is -4.31. The molecule has 0 spiro atoms. The first-order chi connectivity index (χ1) is 9.00. The van der Waals surface area contributed by atoms with Crippen LogP contribution in [0.1, 0.15) is 17.0 Å². The van der Waals surface area contributed by atoms with Gasteiger partial charge in [0.15, 0.2) is 5.82 Å². The summed E-state index contributed by atoms with van der Waals surface area (Å²) in [6.45, 7) is 0.829. The van der Waals surface area contributed by atoms with Crippen molar-refractivity contribution in [3.8, 4) is 0 Å². The van der Waals surface area contributed by atoms with E-state index in [1.54, 1.807) is 11.7 Å². The van der Waals surface area contributed by atoms with Crippen molar-refractivity contribution in [3.05, 3.63) is 41.2 Å². The lowest BCUT2D eigenvalue weighted by Crippen LogP contribution is -2.14. The van der Waals surface area contributed by atoms with Crippen molar-refractivity contribution < 1.29 is 13.2 Å². The molecule has 8 heteroatoms. The van der Waals surface area contributed by atoms with Crippen molar-refractivity contribution in [1.82, 2.24) is 25.5 Å². The van der Waals surface area contributed by atoms with Gasteiger partial charge in [0.1, 0.15) is 0 Å². The first-order valence-electron chi connectivity index (χ1n) is 5.56. The molecule has 0 aliphatic carbocycles. The van der Waals surface area contributed by atoms with Gasteiger partial charge in [0.2, 0.25) is 0 Å². The number of aromatic nitrogens is 4. The molecule has 1 aromatic heterocycles. The van der Waals surface area contributed by atoms with Gasteiger partial charge in [-0.2, -0.15) is 13.2 Å². The van der Waals surface area contributed by atoms with Crippen LogP contribution in [0.25, 0.3) is 0 Å². The van der Waals surface area contributed by atoms with E-state index >= 15 is 0 Å². The number of hydrogen-bond donors (Lipinski definition) is 1. The lowest BCUT2D eigenvalue weighted by molar-refractivity contribution is -0.137. The zero-order chi connectivity index (χ0) is 13.9. The van der Waals surface area contributed by atoms with E-state index in [9.17, 15) is 13.2 Å². The Balaban J connectivity index is 2.13. The third-order valence-corrected chi connectivity index (χ3v) is 2.55. The zero-order valence-electron chi connectivity index (χ0n) is 10.1. The van der Waals surface area contributed by atoms with Gasteiger partial charge in [-0.15, -0.1) is 5.10 Å². The van der Waals surface area contributed by atoms with Gasteiger partial charge in [-0.25, -0.2) is 4.68 Å². The van der Waals surface area contributed by atoms with Crippen LogP contribution in [0.2, 0.25) is 0 Å². The summed E-state index contributed by atoms with van der Waals surface area (Å²) in [5, 5.41) is 14.1. The summed E-state index contributed by atoms with van der Waals surface area (Å²) in [5.74, 6) is 0.627. The Bertz CT molecular complexity index is 532. The van der Waals surface area contributed by atoms with Crippen molar-refractivity contribution >= 4 is 0 Å². The smallest absolute Gasteiger partial charge is 0.313 e. The van der Waals surface area contributed by atoms with Gasteiger partial charge in [-0.05, 0) is 35.2 Å². The van der Waals surface area contributed by atoms with Crippen LogP contribution in [0.5, 0.6) is 0 Å². The fourth-order valence-electron chi connectivity index (χ4n) is 1.60. The Hall–Kier alpha value is -1.96. The largest absolute Gasteiger partial charge is 0.416 e. The highest BCUT2D eigenvalue weighted by Crippen LogP contribution is 2.29. The molecule has 2 aromatic rings. The maximum Gasteiger partial charge on any atom is 0.416 e. The van der Waals surface area contributed by atoms with Crippen LogP contribution in [-0.4, -0.2) is 27.3 Å². The lowest BCUT2D eigenvalue weighted by atomic mass is 10.1. The summed E-state index contributed by atoms with van der Waals surface area (Å²) in [5.41, 5.74) is 0.0427. The van der Waals surface area contributed by atoms with E-state index in [0.29, 0.717) is 24.5 Å². The molecule has 1 N–H and O–H groups in total. The minimum absolute atomic E-state index is 0.335. The number of alkyl halides is 3. The van der Waals surface area contributed by atoms with Gasteiger partial charge in [0, 0.05) is 0 Å². The van der Waals surface area contributed by atoms with E-state index in [-0.39, 0.29) is 0 Å². The second kappa shape index (κ2) is 5.35. The van der Waals surface area contributed by atoms with Crippen molar-refractivity contribution in [2.45, 2.75) is 19.3 Å². The van der Waals surface area contributed by atoms with Crippen molar-refractivity contribution in [2.24, 2.45) is 0 Å². The summed E-state index contributed by atoms with van der Waals surface area (Å²) in [6, 6.07) is 4.95. The van der Waals surface area contributed by atoms with Crippen molar-refractivity contribution in [2.75, 3.05) is 7.05 Å². The van der Waals surface area contributed by atoms with Gasteiger partial charge < -0.3 is 5.32 Å². The van der Waals surface area contributed by atoms with Crippen LogP contribution in [0.3, 0.4) is 0 Å². The number of halogens is 3. The first kappa shape index (κ1) is 13.5. The Morgan fingerprint density at radius 1 is 1.21 bits per heavy atom. The fourth-order valence-corrected chi connectivity index (χ4v) is 1.60. The van der Waals surface area contributed by atoms with E-state index in [4.69, 9.17) is 0 Å². The van der Waals surface area contributed by atoms with Crippen LogP contribution in [0.4, 0.5) is 13.2 Å². The lowest BCUT2D eigenvalue weighted by Gasteiger charge is -2.08. The molecule has 102 valence electrons. The fraction of sp³-hybridized carbons (Fsp3) is 0.364. The maximum atomic E-state index is 12.4. The minimum Gasteiger partial charge on any atom is -0.313 e. The van der Waals surface area contributed by atoms with Gasteiger partial charge in [0.05, 0.1) is 18.7 Å². The predicted molar refractivity (Wildman–Crippen MR) is 61.1 cm³/mol. The molecule has 0 fully saturated rings. The van der Waals surface area contributed by atoms with Crippen LogP contribution >= 0.6 is 0 Å². The molecule has 0 radical (unpaired) electrons. The number of tetrazole rings is 1. The Morgan fingerprint density at radius 3 is 2.47 bits per heavy atom. The standard InChI is InChI=1S/C11H12F3N5/c1-15-6-10-16-17-18-19(10)7-8-2-4-9(5-3-8)11(12,13)14/h2-5,15H,6-7H2,1H3. The third-order valence-electron chi connectivity index (χ3n) is 2.55. The number of hydrogen-bond acceptors (Lipinski definition) is 4. The predicted octanol–water partition coefficient (Wildman–Crippen LogP) is 1.46. The monoisotopic (exact) mass is 271 g/mol. The molecule has 5 nitrogen and oxygen atoms in total. The average Bonchev–Trinajstić information content (AvgIpc) is 2.77. The summed E-state index contributed by atoms with van der Waals surface area (Å²) < 4.78 is 38.8. The highest BCUT2D eigenvalue weighted by atomic mass is 19.4. The van der Waals surface area contributed by atoms with Crippen LogP contribution < -0.4 is 5.32 Å². The van der Waals surface area contributed by atoms with E-state index < -0.39 is 11.7 Å². The Labute approximate surface area is 107 Å².